The zero-order chi connectivity index (χ0) is 23.9. The highest BCUT2D eigenvalue weighted by Crippen LogP contribution is 2.30. The zero-order valence-corrected chi connectivity index (χ0v) is 20.8. The van der Waals surface area contributed by atoms with Crippen molar-refractivity contribution in [1.82, 2.24) is 24.6 Å². The second kappa shape index (κ2) is 9.07. The van der Waals surface area contributed by atoms with Gasteiger partial charge >= 0.3 is 0 Å². The summed E-state index contributed by atoms with van der Waals surface area (Å²) in [5, 5.41) is 8.77. The molecule has 2 aliphatic rings. The molecule has 0 bridgehead atoms. The molecule has 4 heterocycles. The van der Waals surface area contributed by atoms with Gasteiger partial charge in [-0.2, -0.15) is 9.61 Å². The molecule has 0 amide bonds. The monoisotopic (exact) mass is 471 g/mol. The molecule has 0 radical (unpaired) electrons. The number of hydrogen-bond acceptors (Lipinski definition) is 7. The average molecular weight is 472 g/mol. The van der Waals surface area contributed by atoms with E-state index < -0.39 is 0 Å². The van der Waals surface area contributed by atoms with Crippen LogP contribution in [0, 0.1) is 13.8 Å². The first-order valence-electron chi connectivity index (χ1n) is 12.8. The van der Waals surface area contributed by atoms with Gasteiger partial charge in [0.1, 0.15) is 23.0 Å². The lowest BCUT2D eigenvalue weighted by atomic mass is 9.93. The molecule has 1 aliphatic heterocycles. The van der Waals surface area contributed by atoms with Crippen molar-refractivity contribution < 1.29 is 4.74 Å². The molecule has 0 spiro atoms. The molecule has 6 rings (SSSR count). The molecule has 182 valence electrons. The summed E-state index contributed by atoms with van der Waals surface area (Å²) >= 11 is 0. The van der Waals surface area contributed by atoms with Crippen LogP contribution >= 0.6 is 0 Å². The number of aromatic nitrogens is 5. The fraction of sp³-hybridized carbons (Fsp3) is 0.481. The Morgan fingerprint density at radius 1 is 0.914 bits per heavy atom. The highest BCUT2D eigenvalue weighted by molar-refractivity contribution is 5.79. The average Bonchev–Trinajstić information content (AvgIpc) is 3.55. The minimum absolute atomic E-state index is 0.375. The Bertz CT molecular complexity index is 1370. The number of ether oxygens (including phenoxy) is 1. The highest BCUT2D eigenvalue weighted by atomic mass is 16.5. The number of anilines is 2. The lowest BCUT2D eigenvalue weighted by Crippen LogP contribution is -2.30. The second-order valence-corrected chi connectivity index (χ2v) is 10.00. The van der Waals surface area contributed by atoms with Crippen LogP contribution in [0.2, 0.25) is 0 Å². The Hall–Kier alpha value is -3.26. The number of rotatable bonds is 5. The number of fused-ring (bicyclic) bond motifs is 2. The third-order valence-electron chi connectivity index (χ3n) is 7.44. The molecule has 1 saturated carbocycles. The van der Waals surface area contributed by atoms with Crippen molar-refractivity contribution >= 4 is 28.3 Å². The normalized spacial score (nSPS) is 20.7. The summed E-state index contributed by atoms with van der Waals surface area (Å²) in [5.41, 5.74) is 6.28. The summed E-state index contributed by atoms with van der Waals surface area (Å²) in [5.74, 6) is 2.01. The van der Waals surface area contributed by atoms with Crippen LogP contribution in [0.1, 0.15) is 49.8 Å². The van der Waals surface area contributed by atoms with Crippen molar-refractivity contribution in [3.63, 3.8) is 0 Å². The molecule has 0 unspecified atom stereocenters. The van der Waals surface area contributed by atoms with Crippen LogP contribution in [0.3, 0.4) is 0 Å². The summed E-state index contributed by atoms with van der Waals surface area (Å²) in [7, 11) is 1.82. The molecule has 1 saturated heterocycles. The number of nitrogens with one attached hydrogen (secondary N) is 1. The molecule has 1 aliphatic carbocycles. The van der Waals surface area contributed by atoms with Crippen molar-refractivity contribution in [2.75, 3.05) is 30.4 Å². The summed E-state index contributed by atoms with van der Waals surface area (Å²) in [6.45, 7) is 6.18. The van der Waals surface area contributed by atoms with Gasteiger partial charge in [-0.1, -0.05) is 6.07 Å². The van der Waals surface area contributed by atoms with E-state index in [1.54, 1.807) is 0 Å². The van der Waals surface area contributed by atoms with Gasteiger partial charge in [0.05, 0.1) is 22.8 Å². The van der Waals surface area contributed by atoms with Crippen LogP contribution in [0.5, 0.6) is 0 Å². The van der Waals surface area contributed by atoms with E-state index in [1.165, 1.54) is 18.4 Å². The van der Waals surface area contributed by atoms with Crippen molar-refractivity contribution in [3.05, 3.63) is 41.6 Å². The predicted molar refractivity (Wildman–Crippen MR) is 139 cm³/mol. The van der Waals surface area contributed by atoms with Gasteiger partial charge in [0, 0.05) is 38.4 Å². The first kappa shape index (κ1) is 22.2. The Labute approximate surface area is 205 Å². The third kappa shape index (κ3) is 4.31. The van der Waals surface area contributed by atoms with E-state index in [1.807, 2.05) is 30.7 Å². The fourth-order valence-electron chi connectivity index (χ4n) is 5.44. The maximum Gasteiger partial charge on any atom is 0.160 e. The first-order chi connectivity index (χ1) is 17.1. The van der Waals surface area contributed by atoms with Crippen LogP contribution in [0.4, 0.5) is 11.6 Å². The Morgan fingerprint density at radius 3 is 2.49 bits per heavy atom. The topological polar surface area (TPSA) is 80.5 Å². The largest absolute Gasteiger partial charge is 0.381 e. The van der Waals surface area contributed by atoms with E-state index in [2.05, 4.69) is 35.3 Å². The highest BCUT2D eigenvalue weighted by Gasteiger charge is 2.24. The predicted octanol–water partition coefficient (Wildman–Crippen LogP) is 4.93. The molecular weight excluding hydrogens is 438 g/mol. The summed E-state index contributed by atoms with van der Waals surface area (Å²) in [6, 6.07) is 10.8. The van der Waals surface area contributed by atoms with Gasteiger partial charge in [-0.25, -0.2) is 15.0 Å². The molecule has 8 heteroatoms. The molecule has 4 aromatic rings. The molecule has 1 aromatic carbocycles. The molecular formula is C27H33N7O. The van der Waals surface area contributed by atoms with Gasteiger partial charge in [0.2, 0.25) is 0 Å². The number of aryl methyl sites for hydroxylation is 2. The lowest BCUT2D eigenvalue weighted by Gasteiger charge is -2.29. The summed E-state index contributed by atoms with van der Waals surface area (Å²) in [4.78, 5) is 17.1. The fourth-order valence-corrected chi connectivity index (χ4v) is 5.44. The van der Waals surface area contributed by atoms with E-state index in [-0.39, 0.29) is 0 Å². The zero-order valence-electron chi connectivity index (χ0n) is 20.8. The van der Waals surface area contributed by atoms with Gasteiger partial charge in [0.15, 0.2) is 5.65 Å². The van der Waals surface area contributed by atoms with E-state index in [9.17, 15) is 0 Å². The van der Waals surface area contributed by atoms with E-state index >= 15 is 0 Å². The van der Waals surface area contributed by atoms with E-state index in [0.717, 1.165) is 84.2 Å². The van der Waals surface area contributed by atoms with E-state index in [4.69, 9.17) is 24.8 Å². The molecule has 0 atom stereocenters. The minimum Gasteiger partial charge on any atom is -0.381 e. The smallest absolute Gasteiger partial charge is 0.160 e. The van der Waals surface area contributed by atoms with Gasteiger partial charge in [-0.15, -0.1) is 0 Å². The third-order valence-corrected chi connectivity index (χ3v) is 7.44. The van der Waals surface area contributed by atoms with Crippen LogP contribution < -0.4 is 10.2 Å². The van der Waals surface area contributed by atoms with Gasteiger partial charge in [-0.3, -0.25) is 0 Å². The summed E-state index contributed by atoms with van der Waals surface area (Å²) < 4.78 is 7.52. The number of methoxy groups -OCH3 is 1. The van der Waals surface area contributed by atoms with Gasteiger partial charge in [-0.05, 0) is 70.1 Å². The van der Waals surface area contributed by atoms with Crippen LogP contribution in [-0.2, 0) is 4.74 Å². The van der Waals surface area contributed by atoms with Crippen molar-refractivity contribution in [2.24, 2.45) is 0 Å². The van der Waals surface area contributed by atoms with E-state index in [0.29, 0.717) is 12.1 Å². The molecule has 3 aromatic heterocycles. The Balaban J connectivity index is 1.41. The maximum atomic E-state index is 5.57. The Kier molecular flexibility index (Phi) is 5.76. The number of benzene rings is 1. The second-order valence-electron chi connectivity index (χ2n) is 10.00. The minimum atomic E-state index is 0.375. The van der Waals surface area contributed by atoms with Gasteiger partial charge in [0.25, 0.3) is 0 Å². The van der Waals surface area contributed by atoms with Crippen molar-refractivity contribution in [1.29, 1.82) is 0 Å². The molecule has 8 nitrogen and oxygen atoms in total. The van der Waals surface area contributed by atoms with Crippen LogP contribution in [0.15, 0.2) is 30.3 Å². The maximum absolute atomic E-state index is 5.57. The number of nitrogens with zero attached hydrogens (tertiary/aromatic N) is 6. The molecule has 35 heavy (non-hydrogen) atoms. The molecule has 1 N–H and O–H groups in total. The van der Waals surface area contributed by atoms with Crippen molar-refractivity contribution in [2.45, 2.75) is 64.5 Å². The van der Waals surface area contributed by atoms with Gasteiger partial charge < -0.3 is 15.0 Å². The lowest BCUT2D eigenvalue weighted by molar-refractivity contribution is 0.0681. The molecule has 2 fully saturated rings. The standard InChI is InChI=1S/C27H33N7O/c1-17-6-11-21-22(14-17)30-27(18(2)28-21)23-15-25-31-24(33-12-4-5-13-33)16-26(34(25)32-23)29-19-7-9-20(35-3)10-8-19/h6,11,14-16,19-20,29H,4-5,7-10,12-13H2,1-3H3. The van der Waals surface area contributed by atoms with Crippen LogP contribution in [0.25, 0.3) is 28.1 Å². The number of hydrogen-bond donors (Lipinski definition) is 1. The first-order valence-corrected chi connectivity index (χ1v) is 12.8. The van der Waals surface area contributed by atoms with Crippen molar-refractivity contribution in [3.8, 4) is 11.4 Å². The Morgan fingerprint density at radius 2 is 1.71 bits per heavy atom. The van der Waals surface area contributed by atoms with Crippen LogP contribution in [-0.4, -0.2) is 56.9 Å². The SMILES string of the molecule is COC1CCC(Nc2cc(N3CCCC3)nc3cc(-c4nc5cc(C)ccc5nc4C)nn23)CC1. The quantitative estimate of drug-likeness (QED) is 0.442. The summed E-state index contributed by atoms with van der Waals surface area (Å²) in [6.07, 6.45) is 7.14.